The van der Waals surface area contributed by atoms with Gasteiger partial charge in [-0.15, -0.1) is 11.8 Å². The van der Waals surface area contributed by atoms with Gasteiger partial charge in [-0.25, -0.2) is 0 Å². The first-order valence-electron chi connectivity index (χ1n) is 4.26. The van der Waals surface area contributed by atoms with Crippen LogP contribution in [0.2, 0.25) is 0 Å². The molecule has 0 amide bonds. The molecule has 15 heavy (non-hydrogen) atoms. The molecule has 0 bridgehead atoms. The summed E-state index contributed by atoms with van der Waals surface area (Å²) >= 11 is 1.04. The number of aliphatic carboxylic acids is 2. The predicted molar refractivity (Wildman–Crippen MR) is 56.0 cm³/mol. The smallest absolute Gasteiger partial charge is 0.317 e. The van der Waals surface area contributed by atoms with Gasteiger partial charge in [0.15, 0.2) is 0 Å². The summed E-state index contributed by atoms with van der Waals surface area (Å²) in [6.45, 7) is 0. The van der Waals surface area contributed by atoms with E-state index in [9.17, 15) is 9.59 Å². The zero-order valence-corrected chi connectivity index (χ0v) is 8.61. The fraction of sp³-hybridized carbons (Fsp3) is 0.200. The van der Waals surface area contributed by atoms with Crippen LogP contribution in [0.1, 0.15) is 6.42 Å². The molecule has 0 aliphatic heterocycles. The minimum atomic E-state index is -1.11. The lowest BCUT2D eigenvalue weighted by molar-refractivity contribution is -0.142. The first kappa shape index (κ1) is 11.6. The Hall–Kier alpha value is -1.49. The van der Waals surface area contributed by atoms with Crippen LogP contribution in [0.3, 0.4) is 0 Å². The van der Waals surface area contributed by atoms with Gasteiger partial charge in [0.2, 0.25) is 0 Å². The molecular weight excluding hydrogens is 216 g/mol. The minimum Gasteiger partial charge on any atom is -0.481 e. The molecule has 0 fully saturated rings. The molecule has 0 radical (unpaired) electrons. The monoisotopic (exact) mass is 226 g/mol. The maximum atomic E-state index is 10.8. The molecule has 4 nitrogen and oxygen atoms in total. The third kappa shape index (κ3) is 4.03. The van der Waals surface area contributed by atoms with Crippen molar-refractivity contribution in [2.45, 2.75) is 16.6 Å². The number of hydrogen-bond acceptors (Lipinski definition) is 3. The summed E-state index contributed by atoms with van der Waals surface area (Å²) in [6, 6.07) is 8.88. The van der Waals surface area contributed by atoms with Crippen molar-refractivity contribution in [3.05, 3.63) is 30.3 Å². The predicted octanol–water partition coefficient (Wildman–Crippen LogP) is 1.71. The van der Waals surface area contributed by atoms with Crippen LogP contribution >= 0.6 is 11.8 Å². The topological polar surface area (TPSA) is 74.6 Å². The molecule has 0 aliphatic rings. The largest absolute Gasteiger partial charge is 0.481 e. The number of carboxylic acid groups (broad SMARTS) is 2. The first-order valence-corrected chi connectivity index (χ1v) is 5.14. The third-order valence-electron chi connectivity index (χ3n) is 1.66. The van der Waals surface area contributed by atoms with Crippen molar-refractivity contribution in [3.8, 4) is 0 Å². The maximum absolute atomic E-state index is 10.8. The van der Waals surface area contributed by atoms with Crippen LogP contribution < -0.4 is 0 Å². The van der Waals surface area contributed by atoms with E-state index in [1.165, 1.54) is 0 Å². The van der Waals surface area contributed by atoms with E-state index >= 15 is 0 Å². The Balaban J connectivity index is 2.67. The summed E-state index contributed by atoms with van der Waals surface area (Å²) in [5, 5.41) is 16.4. The highest BCUT2D eigenvalue weighted by molar-refractivity contribution is 8.00. The van der Waals surface area contributed by atoms with Crippen LogP contribution in [0.25, 0.3) is 0 Å². The Morgan fingerprint density at radius 1 is 1.20 bits per heavy atom. The second-order valence-electron chi connectivity index (χ2n) is 2.86. The molecule has 0 spiro atoms. The maximum Gasteiger partial charge on any atom is 0.317 e. The van der Waals surface area contributed by atoms with Gasteiger partial charge in [-0.2, -0.15) is 0 Å². The molecule has 1 rings (SSSR count). The minimum absolute atomic E-state index is 0.380. The normalized spacial score (nSPS) is 12.0. The van der Waals surface area contributed by atoms with Gasteiger partial charge in [0, 0.05) is 4.90 Å². The van der Waals surface area contributed by atoms with Gasteiger partial charge >= 0.3 is 11.9 Å². The Kier molecular flexibility index (Phi) is 4.17. The van der Waals surface area contributed by atoms with Crippen LogP contribution in [-0.4, -0.2) is 27.4 Å². The van der Waals surface area contributed by atoms with Crippen molar-refractivity contribution in [2.75, 3.05) is 0 Å². The molecule has 2 N–H and O–H groups in total. The van der Waals surface area contributed by atoms with E-state index < -0.39 is 17.2 Å². The number of carboxylic acids is 2. The second-order valence-corrected chi connectivity index (χ2v) is 4.13. The SMILES string of the molecule is O=C(O)CC(Sc1ccccc1)C(=O)O. The molecule has 80 valence electrons. The van der Waals surface area contributed by atoms with E-state index in [1.54, 1.807) is 24.3 Å². The lowest BCUT2D eigenvalue weighted by Gasteiger charge is -2.08. The van der Waals surface area contributed by atoms with Crippen LogP contribution in [0.4, 0.5) is 0 Å². The van der Waals surface area contributed by atoms with Crippen LogP contribution in [0, 0.1) is 0 Å². The summed E-state index contributed by atoms with van der Waals surface area (Å²) in [5.74, 6) is -2.21. The highest BCUT2D eigenvalue weighted by Crippen LogP contribution is 2.25. The zero-order valence-electron chi connectivity index (χ0n) is 7.79. The molecule has 1 unspecified atom stereocenters. The van der Waals surface area contributed by atoms with E-state index in [-0.39, 0.29) is 6.42 Å². The van der Waals surface area contributed by atoms with E-state index in [1.807, 2.05) is 6.07 Å². The van der Waals surface area contributed by atoms with Gasteiger partial charge in [0.25, 0.3) is 0 Å². The molecule has 5 heteroatoms. The Bertz CT molecular complexity index is 350. The molecule has 1 aromatic rings. The van der Waals surface area contributed by atoms with Gasteiger partial charge < -0.3 is 10.2 Å². The van der Waals surface area contributed by atoms with Crippen molar-refractivity contribution in [1.29, 1.82) is 0 Å². The van der Waals surface area contributed by atoms with Crippen molar-refractivity contribution < 1.29 is 19.8 Å². The summed E-state index contributed by atoms with van der Waals surface area (Å²) in [5.41, 5.74) is 0. The Morgan fingerprint density at radius 2 is 1.80 bits per heavy atom. The fourth-order valence-electron chi connectivity index (χ4n) is 1.00. The standard InChI is InChI=1S/C10H10O4S/c11-9(12)6-8(10(13)14)15-7-4-2-1-3-5-7/h1-5,8H,6H2,(H,11,12)(H,13,14). The van der Waals surface area contributed by atoms with Gasteiger partial charge in [-0.1, -0.05) is 18.2 Å². The van der Waals surface area contributed by atoms with Gasteiger partial charge in [0.1, 0.15) is 5.25 Å². The summed E-state index contributed by atoms with van der Waals surface area (Å²) in [4.78, 5) is 21.9. The average molecular weight is 226 g/mol. The van der Waals surface area contributed by atoms with Crippen LogP contribution in [0.15, 0.2) is 35.2 Å². The van der Waals surface area contributed by atoms with Gasteiger partial charge in [0.05, 0.1) is 6.42 Å². The molecule has 0 aromatic heterocycles. The molecule has 0 saturated heterocycles. The first-order chi connectivity index (χ1) is 7.09. The van der Waals surface area contributed by atoms with Crippen molar-refractivity contribution >= 4 is 23.7 Å². The quantitative estimate of drug-likeness (QED) is 0.747. The molecule has 1 aromatic carbocycles. The van der Waals surface area contributed by atoms with Crippen LogP contribution in [0.5, 0.6) is 0 Å². The second kappa shape index (κ2) is 5.41. The van der Waals surface area contributed by atoms with E-state index in [2.05, 4.69) is 0 Å². The number of hydrogen-bond donors (Lipinski definition) is 2. The molecule has 1 atom stereocenters. The fourth-order valence-corrected chi connectivity index (χ4v) is 1.97. The highest BCUT2D eigenvalue weighted by Gasteiger charge is 2.21. The summed E-state index contributed by atoms with van der Waals surface area (Å²) in [6.07, 6.45) is -0.380. The Morgan fingerprint density at radius 3 is 2.27 bits per heavy atom. The van der Waals surface area contributed by atoms with Crippen LogP contribution in [-0.2, 0) is 9.59 Å². The molecule has 0 aliphatic carbocycles. The lowest BCUT2D eigenvalue weighted by Crippen LogP contribution is -2.20. The van der Waals surface area contributed by atoms with E-state index in [0.717, 1.165) is 16.7 Å². The number of thioether (sulfide) groups is 1. The number of benzene rings is 1. The molecule has 0 saturated carbocycles. The number of carbonyl (C=O) groups is 2. The van der Waals surface area contributed by atoms with E-state index in [0.29, 0.717) is 0 Å². The highest BCUT2D eigenvalue weighted by atomic mass is 32.2. The molecular formula is C10H10O4S. The summed E-state index contributed by atoms with van der Waals surface area (Å²) < 4.78 is 0. The van der Waals surface area contributed by atoms with E-state index in [4.69, 9.17) is 10.2 Å². The van der Waals surface area contributed by atoms with Gasteiger partial charge in [-0.05, 0) is 12.1 Å². The lowest BCUT2D eigenvalue weighted by atomic mass is 10.3. The van der Waals surface area contributed by atoms with Crippen molar-refractivity contribution in [3.63, 3.8) is 0 Å². The summed E-state index contributed by atoms with van der Waals surface area (Å²) in [7, 11) is 0. The van der Waals surface area contributed by atoms with Crippen molar-refractivity contribution in [1.82, 2.24) is 0 Å². The Labute approximate surface area is 90.9 Å². The molecule has 0 heterocycles. The average Bonchev–Trinajstić information content (AvgIpc) is 2.17. The zero-order chi connectivity index (χ0) is 11.3. The third-order valence-corrected chi connectivity index (χ3v) is 2.85. The van der Waals surface area contributed by atoms with Gasteiger partial charge in [-0.3, -0.25) is 9.59 Å². The number of rotatable bonds is 5. The van der Waals surface area contributed by atoms with Crippen molar-refractivity contribution in [2.24, 2.45) is 0 Å².